The first-order valence-corrected chi connectivity index (χ1v) is 11.7. The molecule has 9 heteroatoms. The van der Waals surface area contributed by atoms with E-state index in [1.807, 2.05) is 19.1 Å². The minimum Gasteiger partial charge on any atom is -0.466 e. The second kappa shape index (κ2) is 9.64. The van der Waals surface area contributed by atoms with Gasteiger partial charge in [0.15, 0.2) is 0 Å². The molecule has 2 aliphatic carbocycles. The van der Waals surface area contributed by atoms with E-state index in [1.165, 1.54) is 0 Å². The van der Waals surface area contributed by atoms with Gasteiger partial charge in [-0.3, -0.25) is 9.59 Å². The Morgan fingerprint density at radius 2 is 1.71 bits per heavy atom. The normalized spacial score (nSPS) is 27.2. The average molecular weight is 475 g/mol. The topological polar surface area (TPSA) is 120 Å². The second-order valence-electron chi connectivity index (χ2n) is 9.80. The summed E-state index contributed by atoms with van der Waals surface area (Å²) in [4.78, 5) is 51.7. The summed E-state index contributed by atoms with van der Waals surface area (Å²) in [5.41, 5.74) is -1.01. The molecule has 5 unspecified atom stereocenters. The van der Waals surface area contributed by atoms with Gasteiger partial charge in [0.2, 0.25) is 0 Å². The van der Waals surface area contributed by atoms with E-state index in [2.05, 4.69) is 10.6 Å². The van der Waals surface area contributed by atoms with Crippen LogP contribution < -0.4 is 10.6 Å². The number of fused-ring (bicyclic) bond motifs is 1. The van der Waals surface area contributed by atoms with Crippen LogP contribution in [0.1, 0.15) is 57.0 Å². The lowest BCUT2D eigenvalue weighted by molar-refractivity contribution is -0.153. The van der Waals surface area contributed by atoms with Gasteiger partial charge in [-0.15, -0.1) is 0 Å². The third kappa shape index (κ3) is 5.03. The SMILES string of the molecule is CCOC(=O)C1C2C(NC(=O)c3ccccc3C)CC(NC(=O)OC(C)(C)C)(C(=O)OCC)C12. The number of nitrogens with one attached hydrogen (secondary N) is 2. The Hall–Kier alpha value is -3.10. The van der Waals surface area contributed by atoms with Crippen molar-refractivity contribution < 1.29 is 33.4 Å². The van der Waals surface area contributed by atoms with Gasteiger partial charge in [-0.2, -0.15) is 0 Å². The van der Waals surface area contributed by atoms with Crippen LogP contribution in [-0.2, 0) is 23.8 Å². The first kappa shape index (κ1) is 25.5. The molecular formula is C25H34N2O7. The van der Waals surface area contributed by atoms with Gasteiger partial charge in [0.25, 0.3) is 5.91 Å². The van der Waals surface area contributed by atoms with Crippen molar-refractivity contribution in [3.63, 3.8) is 0 Å². The standard InChI is InChI=1S/C25H34N2O7/c1-7-32-21(29)18-17-16(26-20(28)15-12-10-9-11-14(15)3)13-25(19(17)18,22(30)33-8-2)27-23(31)34-24(4,5)6/h9-12,16-19H,7-8,13H2,1-6H3,(H,26,28)(H,27,31). The number of hydrogen-bond donors (Lipinski definition) is 2. The zero-order chi connectivity index (χ0) is 25.3. The van der Waals surface area contributed by atoms with Crippen LogP contribution in [0.15, 0.2) is 24.3 Å². The molecule has 2 N–H and O–H groups in total. The average Bonchev–Trinajstić information content (AvgIpc) is 3.41. The largest absolute Gasteiger partial charge is 0.466 e. The molecule has 0 spiro atoms. The monoisotopic (exact) mass is 474 g/mol. The van der Waals surface area contributed by atoms with Crippen LogP contribution >= 0.6 is 0 Å². The zero-order valence-corrected chi connectivity index (χ0v) is 20.6. The van der Waals surface area contributed by atoms with Gasteiger partial charge in [-0.25, -0.2) is 9.59 Å². The molecule has 34 heavy (non-hydrogen) atoms. The van der Waals surface area contributed by atoms with Crippen molar-refractivity contribution in [3.05, 3.63) is 35.4 Å². The van der Waals surface area contributed by atoms with Crippen LogP contribution in [-0.4, -0.2) is 54.3 Å². The minimum atomic E-state index is -1.52. The number of hydrogen-bond acceptors (Lipinski definition) is 7. The van der Waals surface area contributed by atoms with Gasteiger partial charge >= 0.3 is 18.0 Å². The van der Waals surface area contributed by atoms with Crippen molar-refractivity contribution in [3.8, 4) is 0 Å². The highest BCUT2D eigenvalue weighted by Gasteiger charge is 2.76. The quantitative estimate of drug-likeness (QED) is 0.461. The smallest absolute Gasteiger partial charge is 0.408 e. The van der Waals surface area contributed by atoms with Gasteiger partial charge in [0, 0.05) is 23.9 Å². The molecule has 0 aromatic heterocycles. The van der Waals surface area contributed by atoms with Crippen LogP contribution in [0.3, 0.4) is 0 Å². The van der Waals surface area contributed by atoms with Crippen molar-refractivity contribution in [1.82, 2.24) is 10.6 Å². The maximum absolute atomic E-state index is 13.2. The highest BCUT2D eigenvalue weighted by molar-refractivity contribution is 5.97. The van der Waals surface area contributed by atoms with Crippen molar-refractivity contribution >= 4 is 23.9 Å². The fraction of sp³-hybridized carbons (Fsp3) is 0.600. The van der Waals surface area contributed by atoms with E-state index >= 15 is 0 Å². The molecule has 0 aliphatic heterocycles. The lowest BCUT2D eigenvalue weighted by atomic mass is 9.88. The molecule has 2 aliphatic rings. The first-order chi connectivity index (χ1) is 15.9. The number of amides is 2. The van der Waals surface area contributed by atoms with E-state index in [9.17, 15) is 19.2 Å². The molecule has 0 heterocycles. The molecule has 0 bridgehead atoms. The molecule has 186 valence electrons. The van der Waals surface area contributed by atoms with E-state index in [1.54, 1.807) is 46.8 Å². The number of esters is 2. The third-order valence-corrected chi connectivity index (χ3v) is 6.28. The van der Waals surface area contributed by atoms with Crippen LogP contribution in [0.5, 0.6) is 0 Å². The molecule has 0 saturated heterocycles. The molecule has 9 nitrogen and oxygen atoms in total. The third-order valence-electron chi connectivity index (χ3n) is 6.28. The Balaban J connectivity index is 1.94. The van der Waals surface area contributed by atoms with Crippen molar-refractivity contribution in [2.45, 2.75) is 65.1 Å². The summed E-state index contributed by atoms with van der Waals surface area (Å²) in [5.74, 6) is -3.06. The summed E-state index contributed by atoms with van der Waals surface area (Å²) < 4.78 is 16.0. The minimum absolute atomic E-state index is 0.0773. The fourth-order valence-corrected chi connectivity index (χ4v) is 5.00. The van der Waals surface area contributed by atoms with Crippen LogP contribution in [0.4, 0.5) is 4.79 Å². The van der Waals surface area contributed by atoms with Crippen LogP contribution in [0.25, 0.3) is 0 Å². The lowest BCUT2D eigenvalue weighted by Gasteiger charge is -2.33. The number of benzene rings is 1. The number of aryl methyl sites for hydroxylation is 1. The number of alkyl carbamates (subject to hydrolysis) is 1. The summed E-state index contributed by atoms with van der Waals surface area (Å²) in [7, 11) is 0. The number of carbonyl (C=O) groups excluding carboxylic acids is 4. The molecule has 1 aromatic rings. The summed E-state index contributed by atoms with van der Waals surface area (Å²) in [6.45, 7) is 10.6. The zero-order valence-electron chi connectivity index (χ0n) is 20.6. The highest BCUT2D eigenvalue weighted by atomic mass is 16.6. The predicted molar refractivity (Wildman–Crippen MR) is 123 cm³/mol. The van der Waals surface area contributed by atoms with Crippen molar-refractivity contribution in [1.29, 1.82) is 0 Å². The van der Waals surface area contributed by atoms with E-state index in [-0.39, 0.29) is 31.5 Å². The van der Waals surface area contributed by atoms with Gasteiger partial charge in [-0.1, -0.05) is 18.2 Å². The highest BCUT2D eigenvalue weighted by Crippen LogP contribution is 2.63. The first-order valence-electron chi connectivity index (χ1n) is 11.7. The molecule has 5 atom stereocenters. The van der Waals surface area contributed by atoms with E-state index in [4.69, 9.17) is 14.2 Å². The molecule has 2 fully saturated rings. The molecule has 1 aromatic carbocycles. The van der Waals surface area contributed by atoms with Gasteiger partial charge in [0.1, 0.15) is 11.1 Å². The van der Waals surface area contributed by atoms with Crippen LogP contribution in [0, 0.1) is 24.7 Å². The van der Waals surface area contributed by atoms with Gasteiger partial charge in [-0.05, 0) is 59.1 Å². The summed E-state index contributed by atoms with van der Waals surface area (Å²) in [5, 5.41) is 5.69. The number of ether oxygens (including phenoxy) is 3. The fourth-order valence-electron chi connectivity index (χ4n) is 5.00. The van der Waals surface area contributed by atoms with Crippen molar-refractivity contribution in [2.24, 2.45) is 17.8 Å². The van der Waals surface area contributed by atoms with E-state index in [0.717, 1.165) is 5.56 Å². The van der Waals surface area contributed by atoms with E-state index < -0.39 is 47.0 Å². The second-order valence-corrected chi connectivity index (χ2v) is 9.80. The van der Waals surface area contributed by atoms with Crippen LogP contribution in [0.2, 0.25) is 0 Å². The Morgan fingerprint density at radius 1 is 1.06 bits per heavy atom. The summed E-state index contributed by atoms with van der Waals surface area (Å²) >= 11 is 0. The summed E-state index contributed by atoms with van der Waals surface area (Å²) in [6, 6.07) is 6.60. The Kier molecular flexibility index (Phi) is 7.24. The van der Waals surface area contributed by atoms with Crippen molar-refractivity contribution in [2.75, 3.05) is 13.2 Å². The molecule has 2 amide bonds. The van der Waals surface area contributed by atoms with Gasteiger partial charge in [0.05, 0.1) is 19.1 Å². The molecule has 2 saturated carbocycles. The predicted octanol–water partition coefficient (Wildman–Crippen LogP) is 2.75. The number of rotatable bonds is 7. The number of carbonyl (C=O) groups is 4. The van der Waals surface area contributed by atoms with Gasteiger partial charge < -0.3 is 24.8 Å². The molecular weight excluding hydrogens is 440 g/mol. The Morgan fingerprint density at radius 3 is 2.29 bits per heavy atom. The Labute approximate surface area is 199 Å². The maximum Gasteiger partial charge on any atom is 0.408 e. The summed E-state index contributed by atoms with van der Waals surface area (Å²) in [6.07, 6.45) is -0.715. The van der Waals surface area contributed by atoms with E-state index in [0.29, 0.717) is 5.56 Å². The molecule has 0 radical (unpaired) electrons. The maximum atomic E-state index is 13.2. The Bertz CT molecular complexity index is 970. The molecule has 3 rings (SSSR count). The lowest BCUT2D eigenvalue weighted by Crippen LogP contribution is -2.59.